The molecule has 1 unspecified atom stereocenters. The third-order valence-electron chi connectivity index (χ3n) is 2.54. The van der Waals surface area contributed by atoms with Crippen molar-refractivity contribution >= 4 is 21.6 Å². The molecule has 0 radical (unpaired) electrons. The molecule has 2 rings (SSSR count). The van der Waals surface area contributed by atoms with Crippen molar-refractivity contribution in [2.45, 2.75) is 11.8 Å². The lowest BCUT2D eigenvalue weighted by atomic mass is 10.2. The predicted octanol–water partition coefficient (Wildman–Crippen LogP) is 2.64. The maximum absolute atomic E-state index is 11.0. The zero-order valence-electron chi connectivity index (χ0n) is 10.3. The summed E-state index contributed by atoms with van der Waals surface area (Å²) in [6.45, 7) is 1.92. The number of methoxy groups -OCH3 is 1. The maximum atomic E-state index is 11.0. The largest absolute Gasteiger partial charge is 0.490 e. The van der Waals surface area contributed by atoms with Gasteiger partial charge in [-0.25, -0.2) is 4.68 Å². The molecule has 0 aliphatic carbocycles. The first-order chi connectivity index (χ1) is 9.02. The van der Waals surface area contributed by atoms with E-state index in [1.54, 1.807) is 12.3 Å². The molecule has 100 valence electrons. The van der Waals surface area contributed by atoms with Crippen molar-refractivity contribution < 1.29 is 9.66 Å². The van der Waals surface area contributed by atoms with Gasteiger partial charge in [0.2, 0.25) is 0 Å². The van der Waals surface area contributed by atoms with Crippen LogP contribution < -0.4 is 4.74 Å². The van der Waals surface area contributed by atoms with Crippen LogP contribution in [0.15, 0.2) is 24.4 Å². The van der Waals surface area contributed by atoms with E-state index in [4.69, 9.17) is 4.74 Å². The van der Waals surface area contributed by atoms with Gasteiger partial charge < -0.3 is 4.74 Å². The molecular weight excluding hydrogens is 316 g/mol. The van der Waals surface area contributed by atoms with Crippen LogP contribution in [-0.4, -0.2) is 27.0 Å². The molecule has 2 aromatic rings. The number of hydrogen-bond donors (Lipinski definition) is 0. The number of rotatable bonds is 4. The Hall–Kier alpha value is -1.96. The fourth-order valence-electron chi connectivity index (χ4n) is 1.55. The second kappa shape index (κ2) is 5.35. The Morgan fingerprint density at radius 1 is 1.53 bits per heavy atom. The minimum Gasteiger partial charge on any atom is -0.490 e. The molecule has 0 saturated heterocycles. The average molecular weight is 327 g/mol. The van der Waals surface area contributed by atoms with Crippen LogP contribution in [0.25, 0.3) is 5.69 Å². The molecule has 0 aliphatic heterocycles. The molecule has 0 amide bonds. The van der Waals surface area contributed by atoms with Crippen LogP contribution >= 0.6 is 15.9 Å². The van der Waals surface area contributed by atoms with Crippen LogP contribution in [0.5, 0.6) is 5.75 Å². The van der Waals surface area contributed by atoms with E-state index in [0.29, 0.717) is 5.69 Å². The van der Waals surface area contributed by atoms with Crippen LogP contribution in [0.3, 0.4) is 0 Å². The van der Waals surface area contributed by atoms with E-state index in [1.807, 2.05) is 6.92 Å². The molecule has 1 atom stereocenters. The van der Waals surface area contributed by atoms with E-state index in [0.717, 1.165) is 5.69 Å². The monoisotopic (exact) mass is 326 g/mol. The Bertz CT molecular complexity index is 612. The molecule has 0 spiro atoms. The quantitative estimate of drug-likeness (QED) is 0.490. The fourth-order valence-corrected chi connectivity index (χ4v) is 1.76. The summed E-state index contributed by atoms with van der Waals surface area (Å²) in [6, 6.07) is 4.62. The molecule has 1 heterocycles. The molecule has 0 saturated carbocycles. The lowest BCUT2D eigenvalue weighted by Gasteiger charge is -2.04. The van der Waals surface area contributed by atoms with E-state index in [9.17, 15) is 10.1 Å². The molecule has 0 bridgehead atoms. The smallest absolute Gasteiger partial charge is 0.313 e. The van der Waals surface area contributed by atoms with Crippen molar-refractivity contribution in [1.29, 1.82) is 0 Å². The van der Waals surface area contributed by atoms with Gasteiger partial charge in [0.25, 0.3) is 0 Å². The van der Waals surface area contributed by atoms with E-state index < -0.39 is 4.92 Å². The van der Waals surface area contributed by atoms with Crippen LogP contribution in [-0.2, 0) is 0 Å². The number of aromatic nitrogens is 3. The highest BCUT2D eigenvalue weighted by molar-refractivity contribution is 9.09. The second-order valence-corrected chi connectivity index (χ2v) is 5.19. The van der Waals surface area contributed by atoms with Gasteiger partial charge in [0.15, 0.2) is 5.75 Å². The van der Waals surface area contributed by atoms with E-state index in [1.165, 1.54) is 23.9 Å². The van der Waals surface area contributed by atoms with Gasteiger partial charge in [-0.15, -0.1) is 5.10 Å². The number of ether oxygens (including phenoxy) is 1. The lowest BCUT2D eigenvalue weighted by molar-refractivity contribution is -0.385. The third-order valence-corrected chi connectivity index (χ3v) is 3.01. The first kappa shape index (κ1) is 13.5. The topological polar surface area (TPSA) is 83.1 Å². The Labute approximate surface area is 117 Å². The lowest BCUT2D eigenvalue weighted by Crippen LogP contribution is -1.99. The number of nitrogens with zero attached hydrogens (tertiary/aromatic N) is 4. The van der Waals surface area contributed by atoms with Gasteiger partial charge in [0.1, 0.15) is 0 Å². The number of halogens is 1. The van der Waals surface area contributed by atoms with Crippen molar-refractivity contribution in [2.75, 3.05) is 7.11 Å². The standard InChI is InChI=1S/C11H11BrN4O3/c1-7(12)9-6-15(14-13-9)8-3-4-11(19-2)10(5-8)16(17)18/h3-7H,1-2H3. The van der Waals surface area contributed by atoms with Crippen molar-refractivity contribution in [1.82, 2.24) is 15.0 Å². The van der Waals surface area contributed by atoms with Gasteiger partial charge in [-0.2, -0.15) is 0 Å². The van der Waals surface area contributed by atoms with Crippen LogP contribution in [0.4, 0.5) is 5.69 Å². The van der Waals surface area contributed by atoms with Crippen molar-refractivity contribution in [3.63, 3.8) is 0 Å². The highest BCUT2D eigenvalue weighted by atomic mass is 79.9. The van der Waals surface area contributed by atoms with E-state index >= 15 is 0 Å². The molecule has 0 fully saturated rings. The third kappa shape index (κ3) is 2.73. The normalized spacial score (nSPS) is 12.2. The summed E-state index contributed by atoms with van der Waals surface area (Å²) in [5, 5.41) is 18.9. The Kier molecular flexibility index (Phi) is 3.79. The van der Waals surface area contributed by atoms with Gasteiger partial charge in [-0.3, -0.25) is 10.1 Å². The van der Waals surface area contributed by atoms with Crippen LogP contribution in [0.1, 0.15) is 17.4 Å². The molecule has 1 aromatic carbocycles. The van der Waals surface area contributed by atoms with Gasteiger partial charge in [0, 0.05) is 6.07 Å². The molecule has 8 heteroatoms. The van der Waals surface area contributed by atoms with E-state index in [-0.39, 0.29) is 16.3 Å². The number of nitro groups is 1. The molecule has 0 N–H and O–H groups in total. The van der Waals surface area contributed by atoms with Crippen LogP contribution in [0, 0.1) is 10.1 Å². The first-order valence-corrected chi connectivity index (χ1v) is 6.33. The summed E-state index contributed by atoms with van der Waals surface area (Å²) in [5.74, 6) is 0.211. The average Bonchev–Trinajstić information content (AvgIpc) is 2.87. The number of nitro benzene ring substituents is 1. The highest BCUT2D eigenvalue weighted by Gasteiger charge is 2.17. The minimum atomic E-state index is -0.493. The van der Waals surface area contributed by atoms with Gasteiger partial charge in [0.05, 0.1) is 34.4 Å². The number of alkyl halides is 1. The van der Waals surface area contributed by atoms with Crippen molar-refractivity contribution in [3.05, 3.63) is 40.2 Å². The van der Waals surface area contributed by atoms with Crippen molar-refractivity contribution in [3.8, 4) is 11.4 Å². The molecule has 7 nitrogen and oxygen atoms in total. The molecule has 0 aliphatic rings. The zero-order chi connectivity index (χ0) is 14.0. The predicted molar refractivity (Wildman–Crippen MR) is 71.9 cm³/mol. The SMILES string of the molecule is COc1ccc(-n2cc(C(C)Br)nn2)cc1[N+](=O)[O-]. The maximum Gasteiger partial charge on any atom is 0.313 e. The van der Waals surface area contributed by atoms with E-state index in [2.05, 4.69) is 26.2 Å². The van der Waals surface area contributed by atoms with Gasteiger partial charge in [-0.1, -0.05) is 21.1 Å². The van der Waals surface area contributed by atoms with Gasteiger partial charge >= 0.3 is 5.69 Å². The Morgan fingerprint density at radius 3 is 2.79 bits per heavy atom. The second-order valence-electron chi connectivity index (χ2n) is 3.82. The summed E-state index contributed by atoms with van der Waals surface area (Å²) >= 11 is 3.38. The summed E-state index contributed by atoms with van der Waals surface area (Å²) in [4.78, 5) is 10.5. The fraction of sp³-hybridized carbons (Fsp3) is 0.273. The molecule has 1 aromatic heterocycles. The molecule has 19 heavy (non-hydrogen) atoms. The summed E-state index contributed by atoms with van der Waals surface area (Å²) < 4.78 is 6.43. The van der Waals surface area contributed by atoms with Gasteiger partial charge in [-0.05, 0) is 19.1 Å². The summed E-state index contributed by atoms with van der Waals surface area (Å²) in [5.41, 5.74) is 1.20. The summed E-state index contributed by atoms with van der Waals surface area (Å²) in [6.07, 6.45) is 1.71. The zero-order valence-corrected chi connectivity index (χ0v) is 11.9. The van der Waals surface area contributed by atoms with Crippen LogP contribution in [0.2, 0.25) is 0 Å². The highest BCUT2D eigenvalue weighted by Crippen LogP contribution is 2.29. The van der Waals surface area contributed by atoms with Crippen molar-refractivity contribution in [2.24, 2.45) is 0 Å². The minimum absolute atomic E-state index is 0.0643. The molecular formula is C11H11BrN4O3. The first-order valence-electron chi connectivity index (χ1n) is 5.42. The Balaban J connectivity index is 2.44. The number of benzene rings is 1. The number of hydrogen-bond acceptors (Lipinski definition) is 5. The summed E-state index contributed by atoms with van der Waals surface area (Å²) in [7, 11) is 1.39. The Morgan fingerprint density at radius 2 is 2.26 bits per heavy atom.